The highest BCUT2D eigenvalue weighted by Gasteiger charge is 2.34. The highest BCUT2D eigenvalue weighted by molar-refractivity contribution is 7.89. The molecule has 1 aliphatic rings. The molecule has 6 heteroatoms. The molecule has 0 aromatic carbocycles. The van der Waals surface area contributed by atoms with Gasteiger partial charge in [0.25, 0.3) is 0 Å². The molecule has 1 saturated carbocycles. The van der Waals surface area contributed by atoms with Gasteiger partial charge in [0.05, 0.1) is 11.5 Å². The molecule has 17 heavy (non-hydrogen) atoms. The third-order valence-electron chi connectivity index (χ3n) is 3.23. The molecule has 0 atom stereocenters. The van der Waals surface area contributed by atoms with Crippen LogP contribution in [-0.2, 0) is 16.6 Å². The van der Waals surface area contributed by atoms with Crippen molar-refractivity contribution in [3.05, 3.63) is 16.3 Å². The molecule has 0 unspecified atom stereocenters. The van der Waals surface area contributed by atoms with Crippen molar-refractivity contribution in [2.45, 2.75) is 49.6 Å². The normalized spacial score (nSPS) is 19.6. The van der Waals surface area contributed by atoms with Crippen molar-refractivity contribution in [1.82, 2.24) is 4.72 Å². The minimum absolute atomic E-state index is 0.220. The summed E-state index contributed by atoms with van der Waals surface area (Å²) in [4.78, 5) is 0.720. The van der Waals surface area contributed by atoms with E-state index in [1.54, 1.807) is 11.4 Å². The lowest BCUT2D eigenvalue weighted by Crippen LogP contribution is -2.43. The Morgan fingerprint density at radius 1 is 1.47 bits per heavy atom. The van der Waals surface area contributed by atoms with Gasteiger partial charge < -0.3 is 5.11 Å². The fraction of sp³-hybridized carbons (Fsp3) is 0.636. The highest BCUT2D eigenvalue weighted by atomic mass is 32.2. The van der Waals surface area contributed by atoms with Crippen molar-refractivity contribution < 1.29 is 13.5 Å². The van der Waals surface area contributed by atoms with Crippen LogP contribution >= 0.6 is 11.3 Å². The maximum atomic E-state index is 12.2. The molecule has 1 aliphatic carbocycles. The summed E-state index contributed by atoms with van der Waals surface area (Å²) >= 11 is 1.26. The fourth-order valence-electron chi connectivity index (χ4n) is 2.32. The standard InChI is InChI=1S/C11H17NO3S2/c1-11(5-2-3-6-11)12-17(14,15)10-4-7-16-9(10)8-13/h4,7,12-13H,2-3,5-6,8H2,1H3. The lowest BCUT2D eigenvalue weighted by Gasteiger charge is -2.24. The first kappa shape index (κ1) is 13.0. The lowest BCUT2D eigenvalue weighted by molar-refractivity contribution is 0.282. The molecule has 1 aromatic rings. The molecule has 0 amide bonds. The minimum atomic E-state index is -3.50. The van der Waals surface area contributed by atoms with Crippen molar-refractivity contribution >= 4 is 21.4 Å². The van der Waals surface area contributed by atoms with Crippen LogP contribution in [0.1, 0.15) is 37.5 Å². The average Bonchev–Trinajstić information content (AvgIpc) is 2.85. The first-order valence-electron chi connectivity index (χ1n) is 5.68. The van der Waals surface area contributed by atoms with E-state index < -0.39 is 10.0 Å². The third-order valence-corrected chi connectivity index (χ3v) is 5.98. The van der Waals surface area contributed by atoms with Crippen LogP contribution in [0, 0.1) is 0 Å². The van der Waals surface area contributed by atoms with Crippen LogP contribution in [0.3, 0.4) is 0 Å². The number of hydrogen-bond donors (Lipinski definition) is 2. The lowest BCUT2D eigenvalue weighted by atomic mass is 10.0. The molecule has 1 heterocycles. The molecule has 2 N–H and O–H groups in total. The van der Waals surface area contributed by atoms with Crippen LogP contribution < -0.4 is 4.72 Å². The summed E-state index contributed by atoms with van der Waals surface area (Å²) in [5.41, 5.74) is -0.326. The van der Waals surface area contributed by atoms with Gasteiger partial charge in [-0.2, -0.15) is 0 Å². The SMILES string of the molecule is CC1(NS(=O)(=O)c2ccsc2CO)CCCC1. The predicted molar refractivity (Wildman–Crippen MR) is 67.4 cm³/mol. The summed E-state index contributed by atoms with van der Waals surface area (Å²) in [6.45, 7) is 1.72. The molecule has 0 saturated heterocycles. The van der Waals surface area contributed by atoms with E-state index in [0.717, 1.165) is 25.7 Å². The Hall–Kier alpha value is -0.430. The van der Waals surface area contributed by atoms with Gasteiger partial charge in [-0.25, -0.2) is 13.1 Å². The Balaban J connectivity index is 2.25. The van der Waals surface area contributed by atoms with E-state index in [1.165, 1.54) is 11.3 Å². The summed E-state index contributed by atoms with van der Waals surface area (Å²) in [5.74, 6) is 0. The quantitative estimate of drug-likeness (QED) is 0.881. The first-order chi connectivity index (χ1) is 7.97. The monoisotopic (exact) mass is 275 g/mol. The maximum absolute atomic E-state index is 12.2. The van der Waals surface area contributed by atoms with Crippen LogP contribution in [0.15, 0.2) is 16.3 Å². The van der Waals surface area contributed by atoms with E-state index in [2.05, 4.69) is 4.72 Å². The van der Waals surface area contributed by atoms with E-state index in [9.17, 15) is 8.42 Å². The fourth-order valence-corrected chi connectivity index (χ4v) is 5.08. The number of nitrogens with one attached hydrogen (secondary N) is 1. The molecule has 1 fully saturated rings. The second-order valence-electron chi connectivity index (χ2n) is 4.74. The summed E-state index contributed by atoms with van der Waals surface area (Å²) in [6, 6.07) is 1.55. The van der Waals surface area contributed by atoms with Gasteiger partial charge in [0.1, 0.15) is 0 Å². The van der Waals surface area contributed by atoms with Crippen LogP contribution in [0.2, 0.25) is 0 Å². The molecule has 96 valence electrons. The predicted octanol–water partition coefficient (Wildman–Crippen LogP) is 1.85. The van der Waals surface area contributed by atoms with Gasteiger partial charge in [0, 0.05) is 10.4 Å². The van der Waals surface area contributed by atoms with Crippen molar-refractivity contribution in [3.8, 4) is 0 Å². The summed E-state index contributed by atoms with van der Waals surface area (Å²) < 4.78 is 27.2. The van der Waals surface area contributed by atoms with Gasteiger partial charge in [0.2, 0.25) is 10.0 Å². The van der Waals surface area contributed by atoms with E-state index >= 15 is 0 Å². The zero-order valence-corrected chi connectivity index (χ0v) is 11.4. The second-order valence-corrected chi connectivity index (χ2v) is 7.39. The number of rotatable bonds is 4. The van der Waals surface area contributed by atoms with Crippen molar-refractivity contribution in [2.75, 3.05) is 0 Å². The molecular weight excluding hydrogens is 258 g/mol. The van der Waals surface area contributed by atoms with Crippen LogP contribution in [0.4, 0.5) is 0 Å². The number of aliphatic hydroxyl groups is 1. The van der Waals surface area contributed by atoms with Crippen LogP contribution in [0.25, 0.3) is 0 Å². The van der Waals surface area contributed by atoms with Gasteiger partial charge in [-0.15, -0.1) is 11.3 Å². The number of hydrogen-bond acceptors (Lipinski definition) is 4. The molecular formula is C11H17NO3S2. The Labute approximate surface area is 106 Å². The molecule has 0 radical (unpaired) electrons. The molecule has 0 bridgehead atoms. The van der Waals surface area contributed by atoms with Crippen molar-refractivity contribution in [3.63, 3.8) is 0 Å². The Morgan fingerprint density at radius 2 is 2.12 bits per heavy atom. The first-order valence-corrected chi connectivity index (χ1v) is 8.04. The van der Waals surface area contributed by atoms with Crippen LogP contribution in [0.5, 0.6) is 0 Å². The van der Waals surface area contributed by atoms with E-state index in [1.807, 2.05) is 6.92 Å². The number of aliphatic hydroxyl groups excluding tert-OH is 1. The zero-order valence-electron chi connectivity index (χ0n) is 9.77. The maximum Gasteiger partial charge on any atom is 0.242 e. The highest BCUT2D eigenvalue weighted by Crippen LogP contribution is 2.31. The molecule has 4 nitrogen and oxygen atoms in total. The topological polar surface area (TPSA) is 66.4 Å². The smallest absolute Gasteiger partial charge is 0.242 e. The van der Waals surface area contributed by atoms with Crippen molar-refractivity contribution in [1.29, 1.82) is 0 Å². The van der Waals surface area contributed by atoms with Gasteiger partial charge in [-0.05, 0) is 31.2 Å². The van der Waals surface area contributed by atoms with Crippen molar-refractivity contribution in [2.24, 2.45) is 0 Å². The average molecular weight is 275 g/mol. The van der Waals surface area contributed by atoms with Gasteiger partial charge >= 0.3 is 0 Å². The molecule has 1 aromatic heterocycles. The molecule has 2 rings (SSSR count). The molecule has 0 spiro atoms. The van der Waals surface area contributed by atoms with Gasteiger partial charge in [-0.1, -0.05) is 12.8 Å². The molecule has 0 aliphatic heterocycles. The third kappa shape index (κ3) is 2.70. The van der Waals surface area contributed by atoms with E-state index in [4.69, 9.17) is 5.11 Å². The Morgan fingerprint density at radius 3 is 2.71 bits per heavy atom. The van der Waals surface area contributed by atoms with E-state index in [0.29, 0.717) is 4.88 Å². The second kappa shape index (κ2) is 4.68. The summed E-state index contributed by atoms with van der Waals surface area (Å²) in [6.07, 6.45) is 3.89. The van der Waals surface area contributed by atoms with E-state index in [-0.39, 0.29) is 17.0 Å². The number of sulfonamides is 1. The van der Waals surface area contributed by atoms with Gasteiger partial charge in [-0.3, -0.25) is 0 Å². The summed E-state index contributed by atoms with van der Waals surface area (Å²) in [7, 11) is -3.50. The number of thiophene rings is 1. The largest absolute Gasteiger partial charge is 0.391 e. The Kier molecular flexibility index (Phi) is 3.58. The Bertz CT molecular complexity index is 487. The van der Waals surface area contributed by atoms with Crippen LogP contribution in [-0.4, -0.2) is 19.1 Å². The van der Waals surface area contributed by atoms with Gasteiger partial charge in [0.15, 0.2) is 0 Å². The minimum Gasteiger partial charge on any atom is -0.391 e. The zero-order chi connectivity index (χ0) is 12.5. The summed E-state index contributed by atoms with van der Waals surface area (Å²) in [5, 5.41) is 10.8.